The quantitative estimate of drug-likeness (QED) is 0.843. The van der Waals surface area contributed by atoms with Crippen molar-refractivity contribution < 1.29 is 8.42 Å². The molecule has 0 aliphatic heterocycles. The van der Waals surface area contributed by atoms with E-state index < -0.39 is 10.0 Å². The van der Waals surface area contributed by atoms with Crippen molar-refractivity contribution in [3.05, 3.63) is 52.0 Å². The summed E-state index contributed by atoms with van der Waals surface area (Å²) in [6.07, 6.45) is 0. The fraction of sp³-hybridized carbons (Fsp3) is 0.0769. The molecule has 0 amide bonds. The Labute approximate surface area is 127 Å². The van der Waals surface area contributed by atoms with Gasteiger partial charge in [0, 0.05) is 10.7 Å². The molecular weight excluding hydrogens is 319 g/mol. The number of nitrogens with two attached hydrogens (primary N) is 1. The number of rotatable bonds is 3. The first-order valence-corrected chi connectivity index (χ1v) is 7.87. The van der Waals surface area contributed by atoms with Crippen molar-refractivity contribution in [2.45, 2.75) is 11.8 Å². The molecule has 0 saturated heterocycles. The number of sulfonamides is 1. The van der Waals surface area contributed by atoms with Crippen molar-refractivity contribution in [1.82, 2.24) is 0 Å². The van der Waals surface area contributed by atoms with E-state index in [1.807, 2.05) is 0 Å². The maximum atomic E-state index is 12.3. The Bertz CT molecular complexity index is 761. The van der Waals surface area contributed by atoms with Crippen LogP contribution < -0.4 is 10.5 Å². The molecule has 0 aromatic heterocycles. The van der Waals surface area contributed by atoms with Gasteiger partial charge in [-0.3, -0.25) is 4.72 Å². The van der Waals surface area contributed by atoms with Gasteiger partial charge in [0.1, 0.15) is 4.90 Å². The number of hydrogen-bond donors (Lipinski definition) is 2. The molecule has 7 heteroatoms. The minimum atomic E-state index is -3.78. The van der Waals surface area contributed by atoms with Crippen LogP contribution >= 0.6 is 23.2 Å². The van der Waals surface area contributed by atoms with Crippen LogP contribution in [0.5, 0.6) is 0 Å². The molecule has 2 aromatic carbocycles. The predicted molar refractivity (Wildman–Crippen MR) is 82.9 cm³/mol. The summed E-state index contributed by atoms with van der Waals surface area (Å²) in [5.41, 5.74) is 7.11. The number of aryl methyl sites for hydroxylation is 1. The predicted octanol–water partition coefficient (Wildman–Crippen LogP) is 3.68. The van der Waals surface area contributed by atoms with Gasteiger partial charge < -0.3 is 5.73 Å². The van der Waals surface area contributed by atoms with Crippen LogP contribution in [0.25, 0.3) is 0 Å². The second kappa shape index (κ2) is 5.52. The molecule has 2 aromatic rings. The van der Waals surface area contributed by atoms with Gasteiger partial charge in [-0.05, 0) is 48.9 Å². The van der Waals surface area contributed by atoms with E-state index in [-0.39, 0.29) is 9.92 Å². The summed E-state index contributed by atoms with van der Waals surface area (Å²) < 4.78 is 27.1. The van der Waals surface area contributed by atoms with E-state index in [0.717, 1.165) is 0 Å². The second-order valence-electron chi connectivity index (χ2n) is 4.25. The summed E-state index contributed by atoms with van der Waals surface area (Å²) in [6.45, 7) is 1.76. The minimum absolute atomic E-state index is 0.0253. The van der Waals surface area contributed by atoms with Crippen LogP contribution in [0.15, 0.2) is 41.3 Å². The van der Waals surface area contributed by atoms with Gasteiger partial charge in [0.25, 0.3) is 10.0 Å². The molecule has 0 unspecified atom stereocenters. The van der Waals surface area contributed by atoms with Crippen molar-refractivity contribution in [3.63, 3.8) is 0 Å². The van der Waals surface area contributed by atoms with Gasteiger partial charge in [0.2, 0.25) is 0 Å². The number of anilines is 2. The lowest BCUT2D eigenvalue weighted by molar-refractivity contribution is 0.601. The Morgan fingerprint density at radius 1 is 1.10 bits per heavy atom. The van der Waals surface area contributed by atoms with Crippen LogP contribution in [0.1, 0.15) is 5.56 Å². The first kappa shape index (κ1) is 15.0. The maximum absolute atomic E-state index is 12.3. The number of benzene rings is 2. The third-order valence-electron chi connectivity index (χ3n) is 2.68. The maximum Gasteiger partial charge on any atom is 0.263 e. The van der Waals surface area contributed by atoms with Crippen molar-refractivity contribution >= 4 is 44.6 Å². The Kier molecular flexibility index (Phi) is 4.13. The molecule has 3 N–H and O–H groups in total. The number of nitrogen functional groups attached to an aromatic ring is 1. The Balaban J connectivity index is 2.41. The topological polar surface area (TPSA) is 72.2 Å². The molecular formula is C13H12Cl2N2O2S. The standard InChI is InChI=1S/C13H12Cl2N2O2S/c1-8-6-9(14)2-4-12(8)17-20(18,19)13-5-3-10(16)7-11(13)15/h2-7,17H,16H2,1H3. The largest absolute Gasteiger partial charge is 0.399 e. The van der Waals surface area contributed by atoms with Crippen LogP contribution in [0.4, 0.5) is 11.4 Å². The molecule has 0 fully saturated rings. The third-order valence-corrected chi connectivity index (χ3v) is 4.76. The van der Waals surface area contributed by atoms with E-state index in [9.17, 15) is 8.42 Å². The van der Waals surface area contributed by atoms with Crippen LogP contribution in [0.3, 0.4) is 0 Å². The zero-order valence-electron chi connectivity index (χ0n) is 10.5. The minimum Gasteiger partial charge on any atom is -0.399 e. The molecule has 0 spiro atoms. The average molecular weight is 331 g/mol. The van der Waals surface area contributed by atoms with E-state index >= 15 is 0 Å². The molecule has 106 valence electrons. The highest BCUT2D eigenvalue weighted by Gasteiger charge is 2.18. The lowest BCUT2D eigenvalue weighted by Gasteiger charge is -2.12. The van der Waals surface area contributed by atoms with Gasteiger partial charge in [0.15, 0.2) is 0 Å². The molecule has 0 radical (unpaired) electrons. The highest BCUT2D eigenvalue weighted by Crippen LogP contribution is 2.27. The van der Waals surface area contributed by atoms with Gasteiger partial charge in [0.05, 0.1) is 10.7 Å². The van der Waals surface area contributed by atoms with E-state index in [1.165, 1.54) is 18.2 Å². The first-order valence-electron chi connectivity index (χ1n) is 5.63. The van der Waals surface area contributed by atoms with Crippen LogP contribution in [-0.2, 0) is 10.0 Å². The summed E-state index contributed by atoms with van der Waals surface area (Å²) in [6, 6.07) is 9.12. The summed E-state index contributed by atoms with van der Waals surface area (Å²) >= 11 is 11.8. The molecule has 0 atom stereocenters. The van der Waals surface area contributed by atoms with Crippen LogP contribution in [0.2, 0.25) is 10.0 Å². The SMILES string of the molecule is Cc1cc(Cl)ccc1NS(=O)(=O)c1ccc(N)cc1Cl. The van der Waals surface area contributed by atoms with Crippen molar-refractivity contribution in [2.24, 2.45) is 0 Å². The lowest BCUT2D eigenvalue weighted by atomic mass is 10.2. The monoisotopic (exact) mass is 330 g/mol. The number of hydrogen-bond acceptors (Lipinski definition) is 3. The summed E-state index contributed by atoms with van der Waals surface area (Å²) in [4.78, 5) is -0.0253. The Morgan fingerprint density at radius 2 is 1.80 bits per heavy atom. The summed E-state index contributed by atoms with van der Waals surface area (Å²) in [5, 5.41) is 0.611. The fourth-order valence-corrected chi connectivity index (χ4v) is 3.59. The molecule has 2 rings (SSSR count). The van der Waals surface area contributed by atoms with Gasteiger partial charge >= 0.3 is 0 Å². The zero-order valence-corrected chi connectivity index (χ0v) is 12.9. The zero-order chi connectivity index (χ0) is 14.9. The fourth-order valence-electron chi connectivity index (χ4n) is 1.68. The Morgan fingerprint density at radius 3 is 2.40 bits per heavy atom. The second-order valence-corrected chi connectivity index (χ2v) is 6.75. The van der Waals surface area contributed by atoms with Crippen molar-refractivity contribution in [3.8, 4) is 0 Å². The average Bonchev–Trinajstić information content (AvgIpc) is 2.32. The van der Waals surface area contributed by atoms with Crippen molar-refractivity contribution in [2.75, 3.05) is 10.5 Å². The normalized spacial score (nSPS) is 11.3. The van der Waals surface area contributed by atoms with Crippen LogP contribution in [-0.4, -0.2) is 8.42 Å². The van der Waals surface area contributed by atoms with E-state index in [1.54, 1.807) is 25.1 Å². The van der Waals surface area contributed by atoms with Gasteiger partial charge in [-0.15, -0.1) is 0 Å². The molecule has 0 aliphatic carbocycles. The van der Waals surface area contributed by atoms with E-state index in [2.05, 4.69) is 4.72 Å². The summed E-state index contributed by atoms with van der Waals surface area (Å²) in [5.74, 6) is 0. The molecule has 0 bridgehead atoms. The van der Waals surface area contributed by atoms with Gasteiger partial charge in [-0.1, -0.05) is 23.2 Å². The molecule has 0 aliphatic rings. The third kappa shape index (κ3) is 3.17. The molecule has 0 heterocycles. The van der Waals surface area contributed by atoms with Gasteiger partial charge in [-0.25, -0.2) is 8.42 Å². The molecule has 4 nitrogen and oxygen atoms in total. The van der Waals surface area contributed by atoms with Crippen LogP contribution in [0, 0.1) is 6.92 Å². The summed E-state index contributed by atoms with van der Waals surface area (Å²) in [7, 11) is -3.78. The number of nitrogens with one attached hydrogen (secondary N) is 1. The molecule has 0 saturated carbocycles. The van der Waals surface area contributed by atoms with E-state index in [4.69, 9.17) is 28.9 Å². The first-order chi connectivity index (χ1) is 9.29. The van der Waals surface area contributed by atoms with Gasteiger partial charge in [-0.2, -0.15) is 0 Å². The number of halogens is 2. The molecule has 20 heavy (non-hydrogen) atoms. The smallest absolute Gasteiger partial charge is 0.263 e. The van der Waals surface area contributed by atoms with E-state index in [0.29, 0.717) is 22.0 Å². The highest BCUT2D eigenvalue weighted by molar-refractivity contribution is 7.92. The highest BCUT2D eigenvalue weighted by atomic mass is 35.5. The Hall–Kier alpha value is -1.43. The lowest BCUT2D eigenvalue weighted by Crippen LogP contribution is -2.14. The van der Waals surface area contributed by atoms with Crippen molar-refractivity contribution in [1.29, 1.82) is 0 Å².